The highest BCUT2D eigenvalue weighted by atomic mass is 32.1. The summed E-state index contributed by atoms with van der Waals surface area (Å²) in [7, 11) is 0. The van der Waals surface area contributed by atoms with Crippen molar-refractivity contribution in [1.29, 1.82) is 0 Å². The second kappa shape index (κ2) is 6.29. The van der Waals surface area contributed by atoms with Crippen molar-refractivity contribution in [3.63, 3.8) is 0 Å². The molecule has 5 nitrogen and oxygen atoms in total. The smallest absolute Gasteiger partial charge is 0.226 e. The summed E-state index contributed by atoms with van der Waals surface area (Å²) < 4.78 is 11.1. The second-order valence-corrected chi connectivity index (χ2v) is 6.90. The first-order chi connectivity index (χ1) is 11.3. The number of carbonyl (C=O) groups excluding carboxylic acids is 1. The second-order valence-electron chi connectivity index (χ2n) is 5.82. The number of ether oxygens (including phenoxy) is 2. The summed E-state index contributed by atoms with van der Waals surface area (Å²) in [5, 5.41) is 3.64. The van der Waals surface area contributed by atoms with Gasteiger partial charge in [0.25, 0.3) is 0 Å². The first-order valence-corrected chi connectivity index (χ1v) is 8.69. The Kier molecular flexibility index (Phi) is 4.01. The molecule has 6 heteroatoms. The summed E-state index contributed by atoms with van der Waals surface area (Å²) in [6, 6.07) is 7.97. The standard InChI is InChI=1S/C17H18N2O3S/c20-16(19-17-18-13-6-7-21-10-15(13)23-17)9-11-5-8-22-14-4-2-1-3-12(11)14/h1-4,11H,5-10H2,(H,18,19,20). The Morgan fingerprint density at radius 2 is 2.26 bits per heavy atom. The topological polar surface area (TPSA) is 60.5 Å². The van der Waals surface area contributed by atoms with E-state index < -0.39 is 0 Å². The Hall–Kier alpha value is -1.92. The Bertz CT molecular complexity index is 705. The molecule has 1 atom stereocenters. The number of benzene rings is 1. The number of hydrogen-bond donors (Lipinski definition) is 1. The third-order valence-electron chi connectivity index (χ3n) is 4.26. The van der Waals surface area contributed by atoms with Crippen LogP contribution in [0.1, 0.15) is 34.9 Å². The van der Waals surface area contributed by atoms with Gasteiger partial charge in [-0.1, -0.05) is 29.5 Å². The summed E-state index contributed by atoms with van der Waals surface area (Å²) in [6.45, 7) is 1.98. The van der Waals surface area contributed by atoms with Gasteiger partial charge < -0.3 is 14.8 Å². The third-order valence-corrected chi connectivity index (χ3v) is 5.24. The predicted octanol–water partition coefficient (Wildman–Crippen LogP) is 3.11. The van der Waals surface area contributed by atoms with Crippen molar-refractivity contribution in [3.05, 3.63) is 40.4 Å². The van der Waals surface area contributed by atoms with Crippen LogP contribution in [0, 0.1) is 0 Å². The van der Waals surface area contributed by atoms with Crippen LogP contribution in [0.2, 0.25) is 0 Å². The lowest BCUT2D eigenvalue weighted by atomic mass is 9.90. The van der Waals surface area contributed by atoms with Gasteiger partial charge in [-0.3, -0.25) is 4.79 Å². The largest absolute Gasteiger partial charge is 0.493 e. The number of amides is 1. The van der Waals surface area contributed by atoms with Crippen molar-refractivity contribution in [2.45, 2.75) is 31.8 Å². The molecule has 3 heterocycles. The van der Waals surface area contributed by atoms with E-state index in [2.05, 4.69) is 10.3 Å². The predicted molar refractivity (Wildman–Crippen MR) is 88.0 cm³/mol. The number of rotatable bonds is 3. The number of fused-ring (bicyclic) bond motifs is 2. The number of nitrogens with zero attached hydrogens (tertiary/aromatic N) is 1. The number of thiazole rings is 1. The SMILES string of the molecule is O=C(CC1CCOc2ccccc21)Nc1nc2c(s1)COCC2. The molecule has 2 aliphatic rings. The minimum absolute atomic E-state index is 0.0127. The van der Waals surface area contributed by atoms with Crippen LogP contribution in [0.4, 0.5) is 5.13 Å². The van der Waals surface area contributed by atoms with E-state index in [0.29, 0.717) is 31.4 Å². The molecular weight excluding hydrogens is 312 g/mol. The molecule has 0 saturated carbocycles. The van der Waals surface area contributed by atoms with Crippen LogP contribution in [-0.2, 0) is 22.6 Å². The molecule has 23 heavy (non-hydrogen) atoms. The van der Waals surface area contributed by atoms with Gasteiger partial charge in [-0.05, 0) is 24.0 Å². The fourth-order valence-electron chi connectivity index (χ4n) is 3.10. The summed E-state index contributed by atoms with van der Waals surface area (Å²) in [5.74, 6) is 1.12. The van der Waals surface area contributed by atoms with Gasteiger partial charge in [0.15, 0.2) is 5.13 Å². The highest BCUT2D eigenvalue weighted by molar-refractivity contribution is 7.15. The van der Waals surface area contributed by atoms with E-state index in [1.54, 1.807) is 0 Å². The Morgan fingerprint density at radius 1 is 1.35 bits per heavy atom. The molecule has 2 aromatic rings. The molecular formula is C17H18N2O3S. The molecule has 0 fully saturated rings. The Morgan fingerprint density at radius 3 is 3.17 bits per heavy atom. The van der Waals surface area contributed by atoms with E-state index in [1.807, 2.05) is 24.3 Å². The summed E-state index contributed by atoms with van der Waals surface area (Å²) >= 11 is 1.52. The summed E-state index contributed by atoms with van der Waals surface area (Å²) in [4.78, 5) is 18.0. The number of para-hydroxylation sites is 1. The van der Waals surface area contributed by atoms with Gasteiger partial charge in [0, 0.05) is 12.8 Å². The van der Waals surface area contributed by atoms with E-state index in [1.165, 1.54) is 11.3 Å². The van der Waals surface area contributed by atoms with Crippen LogP contribution < -0.4 is 10.1 Å². The third kappa shape index (κ3) is 3.09. The molecule has 4 rings (SSSR count). The zero-order chi connectivity index (χ0) is 15.6. The number of carbonyl (C=O) groups is 1. The van der Waals surface area contributed by atoms with Crippen LogP contribution >= 0.6 is 11.3 Å². The van der Waals surface area contributed by atoms with Gasteiger partial charge in [-0.15, -0.1) is 0 Å². The van der Waals surface area contributed by atoms with Gasteiger partial charge in [-0.2, -0.15) is 0 Å². The summed E-state index contributed by atoms with van der Waals surface area (Å²) in [5.41, 5.74) is 2.19. The minimum Gasteiger partial charge on any atom is -0.493 e. The maximum Gasteiger partial charge on any atom is 0.226 e. The molecule has 0 bridgehead atoms. The molecule has 0 aliphatic carbocycles. The maximum absolute atomic E-state index is 12.4. The van der Waals surface area contributed by atoms with Crippen LogP contribution in [-0.4, -0.2) is 24.1 Å². The van der Waals surface area contributed by atoms with Crippen molar-refractivity contribution >= 4 is 22.4 Å². The molecule has 0 spiro atoms. The highest BCUT2D eigenvalue weighted by Gasteiger charge is 2.24. The lowest BCUT2D eigenvalue weighted by molar-refractivity contribution is -0.116. The van der Waals surface area contributed by atoms with E-state index in [-0.39, 0.29) is 11.8 Å². The van der Waals surface area contributed by atoms with Crippen molar-refractivity contribution in [2.75, 3.05) is 18.5 Å². The Labute approximate surface area is 138 Å². The molecule has 1 aromatic heterocycles. The van der Waals surface area contributed by atoms with Crippen molar-refractivity contribution < 1.29 is 14.3 Å². The molecule has 1 unspecified atom stereocenters. The number of aromatic nitrogens is 1. The van der Waals surface area contributed by atoms with Crippen molar-refractivity contribution in [1.82, 2.24) is 4.98 Å². The first kappa shape index (κ1) is 14.7. The maximum atomic E-state index is 12.4. The first-order valence-electron chi connectivity index (χ1n) is 7.87. The quantitative estimate of drug-likeness (QED) is 0.939. The zero-order valence-electron chi connectivity index (χ0n) is 12.7. The van der Waals surface area contributed by atoms with Crippen LogP contribution in [0.5, 0.6) is 5.75 Å². The fraction of sp³-hybridized carbons (Fsp3) is 0.412. The molecule has 1 N–H and O–H groups in total. The molecule has 1 aromatic carbocycles. The van der Waals surface area contributed by atoms with E-state index >= 15 is 0 Å². The fourth-order valence-corrected chi connectivity index (χ4v) is 4.06. The lowest BCUT2D eigenvalue weighted by Crippen LogP contribution is -2.20. The van der Waals surface area contributed by atoms with Crippen molar-refractivity contribution in [3.8, 4) is 5.75 Å². The molecule has 0 saturated heterocycles. The van der Waals surface area contributed by atoms with Gasteiger partial charge in [0.05, 0.1) is 30.4 Å². The molecule has 1 amide bonds. The summed E-state index contributed by atoms with van der Waals surface area (Å²) in [6.07, 6.45) is 2.16. The number of nitrogens with one attached hydrogen (secondary N) is 1. The van der Waals surface area contributed by atoms with Crippen LogP contribution in [0.15, 0.2) is 24.3 Å². The monoisotopic (exact) mass is 330 g/mol. The number of hydrogen-bond acceptors (Lipinski definition) is 5. The van der Waals surface area contributed by atoms with Gasteiger partial charge in [-0.25, -0.2) is 4.98 Å². The molecule has 120 valence electrons. The van der Waals surface area contributed by atoms with E-state index in [9.17, 15) is 4.79 Å². The van der Waals surface area contributed by atoms with Crippen molar-refractivity contribution in [2.24, 2.45) is 0 Å². The van der Waals surface area contributed by atoms with E-state index in [4.69, 9.17) is 9.47 Å². The Balaban J connectivity index is 1.44. The highest BCUT2D eigenvalue weighted by Crippen LogP contribution is 2.36. The molecule has 0 radical (unpaired) electrons. The van der Waals surface area contributed by atoms with Crippen LogP contribution in [0.3, 0.4) is 0 Å². The zero-order valence-corrected chi connectivity index (χ0v) is 13.5. The minimum atomic E-state index is 0.0127. The average Bonchev–Trinajstić information content (AvgIpc) is 2.97. The van der Waals surface area contributed by atoms with Gasteiger partial charge >= 0.3 is 0 Å². The average molecular weight is 330 g/mol. The number of anilines is 1. The van der Waals surface area contributed by atoms with Gasteiger partial charge in [0.1, 0.15) is 5.75 Å². The van der Waals surface area contributed by atoms with E-state index in [0.717, 1.165) is 34.7 Å². The normalized spacial score (nSPS) is 19.4. The van der Waals surface area contributed by atoms with Crippen LogP contribution in [0.25, 0.3) is 0 Å². The lowest BCUT2D eigenvalue weighted by Gasteiger charge is -2.25. The van der Waals surface area contributed by atoms with Gasteiger partial charge in [0.2, 0.25) is 5.91 Å². The molecule has 2 aliphatic heterocycles.